The topological polar surface area (TPSA) is 110 Å². The molecule has 1 aliphatic heterocycles. The maximum Gasteiger partial charge on any atom is 0.309 e. The molecule has 35 heavy (non-hydrogen) atoms. The molecule has 0 saturated carbocycles. The van der Waals surface area contributed by atoms with Crippen LogP contribution in [0.1, 0.15) is 75.8 Å². The lowest BCUT2D eigenvalue weighted by atomic mass is 9.74. The van der Waals surface area contributed by atoms with Crippen molar-refractivity contribution in [2.45, 2.75) is 79.1 Å². The van der Waals surface area contributed by atoms with Gasteiger partial charge < -0.3 is 19.4 Å². The number of carbonyl (C=O) groups excluding carboxylic acids is 2. The number of fused-ring (bicyclic) bond motifs is 2. The molecular weight excluding hydrogens is 466 g/mol. The molecule has 2 aromatic heterocycles. The van der Waals surface area contributed by atoms with Crippen LogP contribution in [0.4, 0.5) is 0 Å². The molecule has 1 unspecified atom stereocenters. The smallest absolute Gasteiger partial charge is 0.309 e. The van der Waals surface area contributed by atoms with Gasteiger partial charge in [-0.2, -0.15) is 0 Å². The Morgan fingerprint density at radius 3 is 2.60 bits per heavy atom. The van der Waals surface area contributed by atoms with E-state index in [0.717, 1.165) is 21.8 Å². The van der Waals surface area contributed by atoms with Crippen molar-refractivity contribution in [2.24, 2.45) is 11.3 Å². The number of cyclic esters (lactones) is 1. The van der Waals surface area contributed by atoms with Crippen LogP contribution in [0.3, 0.4) is 0 Å². The Hall–Kier alpha value is -2.55. The van der Waals surface area contributed by atoms with Gasteiger partial charge in [0.05, 0.1) is 28.6 Å². The molecule has 0 radical (unpaired) electrons. The average Bonchev–Trinajstić information content (AvgIpc) is 3.42. The summed E-state index contributed by atoms with van der Waals surface area (Å²) in [5, 5.41) is 24.5. The minimum Gasteiger partial charge on any atom is -0.463 e. The van der Waals surface area contributed by atoms with E-state index in [-0.39, 0.29) is 12.2 Å². The Labute approximate surface area is 210 Å². The van der Waals surface area contributed by atoms with E-state index in [1.807, 2.05) is 38.3 Å². The number of carbonyl (C=O) groups is 2. The molecule has 0 amide bonds. The van der Waals surface area contributed by atoms with Crippen molar-refractivity contribution in [3.05, 3.63) is 57.0 Å². The first kappa shape index (κ1) is 27.0. The fourth-order valence-electron chi connectivity index (χ4n) is 4.16. The molecule has 8 heteroatoms. The molecule has 190 valence electrons. The molecule has 0 aliphatic carbocycles. The Kier molecular flexibility index (Phi) is 8.51. The second-order valence-electron chi connectivity index (χ2n) is 9.96. The Morgan fingerprint density at radius 2 is 1.94 bits per heavy atom. The minimum absolute atomic E-state index is 0.306. The highest BCUT2D eigenvalue weighted by Crippen LogP contribution is 2.34. The van der Waals surface area contributed by atoms with Gasteiger partial charge in [0.1, 0.15) is 29.5 Å². The third-order valence-electron chi connectivity index (χ3n) is 6.62. The van der Waals surface area contributed by atoms with Gasteiger partial charge in [-0.05, 0) is 44.6 Å². The highest BCUT2D eigenvalue weighted by atomic mass is 32.1. The highest BCUT2D eigenvalue weighted by Gasteiger charge is 2.42. The number of nitrogens with zero attached hydrogens (tertiary/aromatic N) is 1. The zero-order valence-electron chi connectivity index (χ0n) is 21.2. The van der Waals surface area contributed by atoms with E-state index >= 15 is 0 Å². The van der Waals surface area contributed by atoms with Crippen molar-refractivity contribution >= 4 is 29.2 Å². The highest BCUT2D eigenvalue weighted by molar-refractivity contribution is 7.09. The van der Waals surface area contributed by atoms with E-state index < -0.39 is 35.6 Å². The van der Waals surface area contributed by atoms with E-state index in [4.69, 9.17) is 9.15 Å². The zero-order valence-corrected chi connectivity index (χ0v) is 22.0. The summed E-state index contributed by atoms with van der Waals surface area (Å²) in [5.41, 5.74) is 1.36. The third-order valence-corrected chi connectivity index (χ3v) is 7.41. The van der Waals surface area contributed by atoms with Crippen molar-refractivity contribution in [3.8, 4) is 0 Å². The van der Waals surface area contributed by atoms with Gasteiger partial charge in [-0.3, -0.25) is 9.59 Å². The van der Waals surface area contributed by atoms with Gasteiger partial charge in [0.15, 0.2) is 0 Å². The van der Waals surface area contributed by atoms with E-state index in [9.17, 15) is 19.8 Å². The van der Waals surface area contributed by atoms with Crippen LogP contribution in [0.15, 0.2) is 39.2 Å². The molecule has 3 rings (SSSR count). The number of rotatable bonds is 2. The summed E-state index contributed by atoms with van der Waals surface area (Å²) in [6.45, 7) is 10.5. The lowest BCUT2D eigenvalue weighted by Gasteiger charge is -2.32. The number of aryl methyl sites for hydroxylation is 1. The fraction of sp³-hybridized carbons (Fsp3) is 0.519. The number of aliphatic hydroxyl groups excluding tert-OH is 2. The number of ether oxygens (including phenoxy) is 1. The number of esters is 1. The van der Waals surface area contributed by atoms with Gasteiger partial charge in [-0.15, -0.1) is 11.3 Å². The molecule has 0 saturated heterocycles. The lowest BCUT2D eigenvalue weighted by Crippen LogP contribution is -2.43. The van der Waals surface area contributed by atoms with Crippen LogP contribution in [0.25, 0.3) is 6.08 Å². The summed E-state index contributed by atoms with van der Waals surface area (Å²) >= 11 is 1.54. The lowest BCUT2D eigenvalue weighted by molar-refractivity contribution is -0.154. The first-order valence-corrected chi connectivity index (χ1v) is 12.7. The van der Waals surface area contributed by atoms with Crippen LogP contribution in [0.5, 0.6) is 0 Å². The summed E-state index contributed by atoms with van der Waals surface area (Å²) in [7, 11) is 0. The second kappa shape index (κ2) is 11.0. The molecular formula is C27H35NO6S. The summed E-state index contributed by atoms with van der Waals surface area (Å²) in [5.74, 6) is -0.819. The van der Waals surface area contributed by atoms with E-state index in [1.165, 1.54) is 0 Å². The van der Waals surface area contributed by atoms with Crippen molar-refractivity contribution in [3.63, 3.8) is 0 Å². The van der Waals surface area contributed by atoms with Crippen LogP contribution in [0, 0.1) is 18.3 Å². The molecule has 0 spiro atoms. The normalized spacial score (nSPS) is 28.3. The Morgan fingerprint density at radius 1 is 1.23 bits per heavy atom. The summed E-state index contributed by atoms with van der Waals surface area (Å²) in [4.78, 5) is 30.5. The van der Waals surface area contributed by atoms with Crippen LogP contribution >= 0.6 is 11.3 Å². The third kappa shape index (κ3) is 6.57. The maximum atomic E-state index is 13.2. The van der Waals surface area contributed by atoms with Gasteiger partial charge in [-0.25, -0.2) is 4.98 Å². The average molecular weight is 502 g/mol. The molecule has 2 aromatic rings. The van der Waals surface area contributed by atoms with Gasteiger partial charge in [0, 0.05) is 24.1 Å². The van der Waals surface area contributed by atoms with Crippen LogP contribution < -0.4 is 0 Å². The molecule has 7 nitrogen and oxygen atoms in total. The predicted molar refractivity (Wildman–Crippen MR) is 135 cm³/mol. The van der Waals surface area contributed by atoms with Crippen molar-refractivity contribution in [2.75, 3.05) is 0 Å². The first-order valence-electron chi connectivity index (χ1n) is 11.8. The van der Waals surface area contributed by atoms with Gasteiger partial charge in [0.2, 0.25) is 0 Å². The monoisotopic (exact) mass is 501 g/mol. The molecule has 2 N–H and O–H groups in total. The fourth-order valence-corrected chi connectivity index (χ4v) is 4.73. The van der Waals surface area contributed by atoms with E-state index in [2.05, 4.69) is 4.98 Å². The second-order valence-corrected chi connectivity index (χ2v) is 11.0. The Bertz CT molecular complexity index is 1120. The van der Waals surface area contributed by atoms with E-state index in [1.54, 1.807) is 44.2 Å². The van der Waals surface area contributed by atoms with Gasteiger partial charge >= 0.3 is 5.97 Å². The number of Topliss-reactive ketones (excluding diaryl/α,β-unsaturated/α-hetero) is 1. The number of hydrogen-bond acceptors (Lipinski definition) is 8. The van der Waals surface area contributed by atoms with Crippen molar-refractivity contribution in [1.29, 1.82) is 0 Å². The Balaban J connectivity index is 1.95. The number of hydrogen-bond donors (Lipinski definition) is 2. The molecule has 0 fully saturated rings. The van der Waals surface area contributed by atoms with Crippen LogP contribution in [-0.4, -0.2) is 39.2 Å². The first-order chi connectivity index (χ1) is 16.4. The molecule has 2 bridgehead atoms. The SMILES string of the molecule is C/C1=C/CC(/C(C)=C/c2csc(C)n2)OC(=O)C[C@H](O)C(C)(C)C(=O)[C@H](C)[C@@H](O)c2ccc(o2)C1. The zero-order chi connectivity index (χ0) is 25.9. The minimum atomic E-state index is -1.28. The largest absolute Gasteiger partial charge is 0.463 e. The quantitative estimate of drug-likeness (QED) is 0.442. The number of allylic oxidation sites excluding steroid dienone is 1. The molecule has 3 heterocycles. The number of aromatic nitrogens is 1. The number of thiazole rings is 1. The van der Waals surface area contributed by atoms with Crippen LogP contribution in [-0.2, 0) is 20.7 Å². The molecule has 1 aliphatic rings. The summed E-state index contributed by atoms with van der Waals surface area (Å²) in [6.07, 6.45) is 1.54. The number of furan rings is 1. The molecule has 0 aromatic carbocycles. The van der Waals surface area contributed by atoms with Crippen LogP contribution in [0.2, 0.25) is 0 Å². The summed E-state index contributed by atoms with van der Waals surface area (Å²) < 4.78 is 11.6. The number of ketones is 1. The van der Waals surface area contributed by atoms with Crippen molar-refractivity contribution in [1.82, 2.24) is 4.98 Å². The van der Waals surface area contributed by atoms with Gasteiger partial charge in [-0.1, -0.05) is 32.4 Å². The molecule has 4 atom stereocenters. The summed E-state index contributed by atoms with van der Waals surface area (Å²) in [6, 6.07) is 3.47. The maximum absolute atomic E-state index is 13.2. The predicted octanol–water partition coefficient (Wildman–Crippen LogP) is 4.97. The van der Waals surface area contributed by atoms with E-state index in [0.29, 0.717) is 24.4 Å². The standard InChI is InChI=1S/C27H35NO6S/c1-15-7-9-21(16(2)12-19-14-35-18(4)28-19)34-24(30)13-23(29)27(5,6)26(32)17(3)25(31)22-10-8-20(11-15)33-22/h7-8,10,12,14,17,21,23,25,29,31H,9,11,13H2,1-6H3/b15-7-,16-12+/t17-,21?,23+,25-/m1/s1. The van der Waals surface area contributed by atoms with Crippen molar-refractivity contribution < 1.29 is 29.0 Å². The van der Waals surface area contributed by atoms with Gasteiger partial charge in [0.25, 0.3) is 0 Å². The number of aliphatic hydroxyl groups is 2.